The summed E-state index contributed by atoms with van der Waals surface area (Å²) in [5, 5.41) is 8.82. The molecule has 0 unspecified atom stereocenters. The molecule has 146 valence electrons. The Labute approximate surface area is 178 Å². The second kappa shape index (κ2) is 8.68. The first-order valence-corrected chi connectivity index (χ1v) is 10.0. The molecule has 5 nitrogen and oxygen atoms in total. The number of esters is 1. The monoisotopic (exact) mass is 412 g/mol. The molecule has 1 amide bonds. The van der Waals surface area contributed by atoms with E-state index < -0.39 is 5.97 Å². The molecule has 1 heterocycles. The van der Waals surface area contributed by atoms with E-state index in [4.69, 9.17) is 10.00 Å². The molecular formula is C24H16N2O3S. The number of carbonyl (C=O) groups is 2. The molecule has 0 radical (unpaired) electrons. The summed E-state index contributed by atoms with van der Waals surface area (Å²) in [6, 6.07) is 24.1. The quantitative estimate of drug-likeness (QED) is 0.448. The molecule has 0 bridgehead atoms. The van der Waals surface area contributed by atoms with Crippen molar-refractivity contribution in [2.75, 3.05) is 11.5 Å². The number of fused-ring (bicyclic) bond motifs is 2. The first-order chi connectivity index (χ1) is 14.7. The summed E-state index contributed by atoms with van der Waals surface area (Å²) in [6.07, 6.45) is 2.85. The zero-order valence-corrected chi connectivity index (χ0v) is 16.6. The van der Waals surface area contributed by atoms with Crippen LogP contribution >= 0.6 is 11.8 Å². The van der Waals surface area contributed by atoms with Crippen LogP contribution < -0.4 is 4.90 Å². The molecule has 0 atom stereocenters. The van der Waals surface area contributed by atoms with E-state index in [0.717, 1.165) is 26.7 Å². The van der Waals surface area contributed by atoms with Gasteiger partial charge in [0, 0.05) is 15.9 Å². The van der Waals surface area contributed by atoms with E-state index >= 15 is 0 Å². The maximum atomic E-state index is 13.0. The van der Waals surface area contributed by atoms with E-state index in [2.05, 4.69) is 0 Å². The maximum Gasteiger partial charge on any atom is 0.331 e. The van der Waals surface area contributed by atoms with Crippen molar-refractivity contribution in [3.8, 4) is 6.07 Å². The molecule has 30 heavy (non-hydrogen) atoms. The smallest absolute Gasteiger partial charge is 0.331 e. The number of anilines is 2. The molecule has 0 saturated carbocycles. The Kier molecular flexibility index (Phi) is 5.64. The van der Waals surface area contributed by atoms with Crippen LogP contribution in [-0.2, 0) is 14.3 Å². The zero-order chi connectivity index (χ0) is 20.9. The van der Waals surface area contributed by atoms with Gasteiger partial charge in [0.2, 0.25) is 0 Å². The van der Waals surface area contributed by atoms with Gasteiger partial charge < -0.3 is 4.74 Å². The number of carbonyl (C=O) groups excluding carboxylic acids is 2. The average Bonchev–Trinajstić information content (AvgIpc) is 2.79. The lowest BCUT2D eigenvalue weighted by Gasteiger charge is -2.30. The van der Waals surface area contributed by atoms with E-state index in [9.17, 15) is 9.59 Å². The van der Waals surface area contributed by atoms with Crippen molar-refractivity contribution in [1.29, 1.82) is 5.26 Å². The summed E-state index contributed by atoms with van der Waals surface area (Å²) >= 11 is 1.60. The van der Waals surface area contributed by atoms with Gasteiger partial charge in [-0.05, 0) is 48.0 Å². The fourth-order valence-corrected chi connectivity index (χ4v) is 4.11. The Morgan fingerprint density at radius 2 is 1.53 bits per heavy atom. The Bertz CT molecular complexity index is 1130. The minimum atomic E-state index is -0.610. The van der Waals surface area contributed by atoms with Crippen LogP contribution in [0.2, 0.25) is 0 Å². The first-order valence-electron chi connectivity index (χ1n) is 9.19. The molecule has 1 aliphatic rings. The number of nitrogens with zero attached hydrogens (tertiary/aromatic N) is 2. The van der Waals surface area contributed by atoms with E-state index in [-0.39, 0.29) is 12.5 Å². The highest BCUT2D eigenvalue weighted by atomic mass is 32.2. The van der Waals surface area contributed by atoms with Gasteiger partial charge in [-0.2, -0.15) is 5.26 Å². The third-order valence-electron chi connectivity index (χ3n) is 4.47. The molecule has 1 aliphatic heterocycles. The standard InChI is InChI=1S/C24H16N2O3S/c25-15-18-11-9-17(10-12-18)13-14-24(28)29-16-23(27)26-19-5-1-3-7-21(19)30-22-8-4-2-6-20(22)26/h1-14H,16H2/b14-13+. The second-order valence-electron chi connectivity index (χ2n) is 6.44. The molecule has 0 aromatic heterocycles. The minimum Gasteiger partial charge on any atom is -0.452 e. The van der Waals surface area contributed by atoms with Gasteiger partial charge in [0.1, 0.15) is 0 Å². The second-order valence-corrected chi connectivity index (χ2v) is 7.53. The van der Waals surface area contributed by atoms with Gasteiger partial charge >= 0.3 is 5.97 Å². The van der Waals surface area contributed by atoms with Crippen LogP contribution in [0.3, 0.4) is 0 Å². The summed E-state index contributed by atoms with van der Waals surface area (Å²) in [7, 11) is 0. The van der Waals surface area contributed by atoms with Gasteiger partial charge in [0.15, 0.2) is 6.61 Å². The van der Waals surface area contributed by atoms with Crippen molar-refractivity contribution in [3.63, 3.8) is 0 Å². The summed E-state index contributed by atoms with van der Waals surface area (Å²) in [6.45, 7) is -0.371. The average molecular weight is 412 g/mol. The fourth-order valence-electron chi connectivity index (χ4n) is 3.05. The molecule has 3 aromatic carbocycles. The minimum absolute atomic E-state index is 0.324. The number of hydrogen-bond acceptors (Lipinski definition) is 5. The zero-order valence-electron chi connectivity index (χ0n) is 15.8. The summed E-state index contributed by atoms with van der Waals surface area (Å²) < 4.78 is 5.18. The number of benzene rings is 3. The third-order valence-corrected chi connectivity index (χ3v) is 5.60. The van der Waals surface area contributed by atoms with Gasteiger partial charge in [-0.15, -0.1) is 0 Å². The Hall–Kier alpha value is -3.82. The summed E-state index contributed by atoms with van der Waals surface area (Å²) in [5.41, 5.74) is 2.85. The van der Waals surface area contributed by atoms with Crippen molar-refractivity contribution in [3.05, 3.63) is 90.0 Å². The lowest BCUT2D eigenvalue weighted by atomic mass is 10.1. The molecule has 3 aromatic rings. The number of ether oxygens (including phenoxy) is 1. The SMILES string of the molecule is N#Cc1ccc(/C=C/C(=O)OCC(=O)N2c3ccccc3Sc3ccccc32)cc1. The third kappa shape index (κ3) is 4.12. The molecule has 0 saturated heterocycles. The van der Waals surface area contributed by atoms with Crippen molar-refractivity contribution >= 4 is 41.1 Å². The Morgan fingerprint density at radius 3 is 2.13 bits per heavy atom. The Morgan fingerprint density at radius 1 is 0.933 bits per heavy atom. The molecular weight excluding hydrogens is 396 g/mol. The largest absolute Gasteiger partial charge is 0.452 e. The summed E-state index contributed by atoms with van der Waals surface area (Å²) in [4.78, 5) is 28.6. The van der Waals surface area contributed by atoms with Gasteiger partial charge in [0.05, 0.1) is 23.0 Å². The van der Waals surface area contributed by atoms with Crippen molar-refractivity contribution < 1.29 is 14.3 Å². The lowest BCUT2D eigenvalue weighted by Crippen LogP contribution is -2.32. The molecule has 0 aliphatic carbocycles. The Balaban J connectivity index is 1.46. The number of rotatable bonds is 4. The van der Waals surface area contributed by atoms with E-state index in [1.54, 1.807) is 47.0 Å². The normalized spacial score (nSPS) is 12.0. The number of hydrogen-bond donors (Lipinski definition) is 0. The van der Waals surface area contributed by atoms with Crippen LogP contribution in [0.5, 0.6) is 0 Å². The van der Waals surface area contributed by atoms with Crippen LogP contribution in [0.15, 0.2) is 88.7 Å². The van der Waals surface area contributed by atoms with Gasteiger partial charge in [0.25, 0.3) is 5.91 Å². The van der Waals surface area contributed by atoms with E-state index in [1.165, 1.54) is 6.08 Å². The van der Waals surface area contributed by atoms with Crippen LogP contribution in [-0.4, -0.2) is 18.5 Å². The summed E-state index contributed by atoms with van der Waals surface area (Å²) in [5.74, 6) is -0.934. The maximum absolute atomic E-state index is 13.0. The molecule has 0 N–H and O–H groups in total. The number of nitriles is 1. The molecule has 4 rings (SSSR count). The highest BCUT2D eigenvalue weighted by Crippen LogP contribution is 2.47. The lowest BCUT2D eigenvalue weighted by molar-refractivity contribution is -0.142. The predicted octanol–water partition coefficient (Wildman–Crippen LogP) is 4.94. The van der Waals surface area contributed by atoms with Crippen LogP contribution in [0.25, 0.3) is 6.08 Å². The van der Waals surface area contributed by atoms with Gasteiger partial charge in [-0.1, -0.05) is 48.2 Å². The van der Waals surface area contributed by atoms with Crippen LogP contribution in [0.4, 0.5) is 11.4 Å². The van der Waals surface area contributed by atoms with Gasteiger partial charge in [-0.3, -0.25) is 9.69 Å². The highest BCUT2D eigenvalue weighted by Gasteiger charge is 2.28. The van der Waals surface area contributed by atoms with Crippen LogP contribution in [0, 0.1) is 11.3 Å². The number of amides is 1. The van der Waals surface area contributed by atoms with Crippen molar-refractivity contribution in [2.45, 2.75) is 9.79 Å². The van der Waals surface area contributed by atoms with E-state index in [0.29, 0.717) is 5.56 Å². The number of para-hydroxylation sites is 2. The van der Waals surface area contributed by atoms with Crippen molar-refractivity contribution in [2.24, 2.45) is 0 Å². The first kappa shape index (κ1) is 19.5. The fraction of sp³-hybridized carbons (Fsp3) is 0.0417. The van der Waals surface area contributed by atoms with E-state index in [1.807, 2.05) is 54.6 Å². The molecule has 6 heteroatoms. The van der Waals surface area contributed by atoms with Gasteiger partial charge in [-0.25, -0.2) is 4.79 Å². The molecule has 0 fully saturated rings. The van der Waals surface area contributed by atoms with Crippen molar-refractivity contribution in [1.82, 2.24) is 0 Å². The predicted molar refractivity (Wildman–Crippen MR) is 115 cm³/mol. The highest BCUT2D eigenvalue weighted by molar-refractivity contribution is 7.99. The topological polar surface area (TPSA) is 70.4 Å². The molecule has 0 spiro atoms. The van der Waals surface area contributed by atoms with Crippen LogP contribution in [0.1, 0.15) is 11.1 Å².